The zero-order valence-electron chi connectivity index (χ0n) is 12.2. The molecule has 0 aliphatic carbocycles. The van der Waals surface area contributed by atoms with E-state index < -0.39 is 0 Å². The molecule has 4 rings (SSSR count). The van der Waals surface area contributed by atoms with Crippen LogP contribution in [0.4, 0.5) is 0 Å². The molecule has 0 fully saturated rings. The van der Waals surface area contributed by atoms with Crippen LogP contribution >= 0.6 is 0 Å². The van der Waals surface area contributed by atoms with E-state index in [1.165, 1.54) is 0 Å². The summed E-state index contributed by atoms with van der Waals surface area (Å²) in [6, 6.07) is 25.4. The molecule has 3 heteroatoms. The Morgan fingerprint density at radius 2 is 1.48 bits per heavy atom. The van der Waals surface area contributed by atoms with Gasteiger partial charge in [0.25, 0.3) is 0 Å². The van der Waals surface area contributed by atoms with Crippen LogP contribution in [0.3, 0.4) is 0 Å². The fraction of sp³-hybridized carbons (Fsp3) is 0. The minimum Gasteiger partial charge on any atom is -0.436 e. The summed E-state index contributed by atoms with van der Waals surface area (Å²) in [7, 11) is 0. The SMILES string of the molecule is N#Cc1ccc(-c2ccccc2-c2nc3ccccc3o2)cc1. The molecule has 0 atom stereocenters. The van der Waals surface area contributed by atoms with Gasteiger partial charge >= 0.3 is 0 Å². The highest BCUT2D eigenvalue weighted by Crippen LogP contribution is 2.33. The van der Waals surface area contributed by atoms with Crippen molar-refractivity contribution in [3.05, 3.63) is 78.4 Å². The second-order valence-corrected chi connectivity index (χ2v) is 5.22. The van der Waals surface area contributed by atoms with Crippen molar-refractivity contribution in [3.63, 3.8) is 0 Å². The zero-order valence-corrected chi connectivity index (χ0v) is 12.2. The second-order valence-electron chi connectivity index (χ2n) is 5.22. The summed E-state index contributed by atoms with van der Waals surface area (Å²) in [4.78, 5) is 4.58. The maximum atomic E-state index is 8.94. The summed E-state index contributed by atoms with van der Waals surface area (Å²) in [5.74, 6) is 0.603. The molecule has 0 spiro atoms. The van der Waals surface area contributed by atoms with Crippen molar-refractivity contribution in [2.24, 2.45) is 0 Å². The molecule has 3 nitrogen and oxygen atoms in total. The van der Waals surface area contributed by atoms with Gasteiger partial charge in [-0.3, -0.25) is 0 Å². The Morgan fingerprint density at radius 1 is 0.783 bits per heavy atom. The molecular formula is C20H12N2O. The lowest BCUT2D eigenvalue weighted by Gasteiger charge is -2.06. The van der Waals surface area contributed by atoms with Crippen molar-refractivity contribution in [1.29, 1.82) is 5.26 Å². The molecule has 0 amide bonds. The fourth-order valence-corrected chi connectivity index (χ4v) is 2.63. The molecule has 0 aliphatic rings. The number of benzene rings is 3. The Hall–Kier alpha value is -3.38. The van der Waals surface area contributed by atoms with E-state index in [2.05, 4.69) is 11.1 Å². The van der Waals surface area contributed by atoms with Crippen molar-refractivity contribution < 1.29 is 4.42 Å². The molecule has 108 valence electrons. The van der Waals surface area contributed by atoms with Crippen LogP contribution in [0.2, 0.25) is 0 Å². The van der Waals surface area contributed by atoms with Gasteiger partial charge in [-0.15, -0.1) is 0 Å². The molecule has 0 saturated carbocycles. The molecule has 1 heterocycles. The fourth-order valence-electron chi connectivity index (χ4n) is 2.63. The van der Waals surface area contributed by atoms with Crippen LogP contribution in [0.15, 0.2) is 77.2 Å². The van der Waals surface area contributed by atoms with Crippen LogP contribution in [0.1, 0.15) is 5.56 Å². The second kappa shape index (κ2) is 5.43. The maximum Gasteiger partial charge on any atom is 0.227 e. The van der Waals surface area contributed by atoms with E-state index in [1.54, 1.807) is 0 Å². The van der Waals surface area contributed by atoms with Crippen molar-refractivity contribution in [2.75, 3.05) is 0 Å². The van der Waals surface area contributed by atoms with Gasteiger partial charge in [-0.05, 0) is 41.5 Å². The molecular weight excluding hydrogens is 284 g/mol. The topological polar surface area (TPSA) is 49.8 Å². The summed E-state index contributed by atoms with van der Waals surface area (Å²) < 4.78 is 5.90. The quantitative estimate of drug-likeness (QED) is 0.521. The molecule has 1 aromatic heterocycles. The minimum atomic E-state index is 0.603. The number of hydrogen-bond acceptors (Lipinski definition) is 3. The van der Waals surface area contributed by atoms with Crippen molar-refractivity contribution in [1.82, 2.24) is 4.98 Å². The lowest BCUT2D eigenvalue weighted by atomic mass is 9.99. The highest BCUT2D eigenvalue weighted by atomic mass is 16.3. The van der Waals surface area contributed by atoms with Gasteiger partial charge in [-0.2, -0.15) is 5.26 Å². The first kappa shape index (κ1) is 13.3. The lowest BCUT2D eigenvalue weighted by Crippen LogP contribution is -1.85. The molecule has 3 aromatic carbocycles. The van der Waals surface area contributed by atoms with E-state index in [-0.39, 0.29) is 0 Å². The monoisotopic (exact) mass is 296 g/mol. The van der Waals surface area contributed by atoms with Gasteiger partial charge in [0.1, 0.15) is 5.52 Å². The Labute approximate surface area is 133 Å². The first-order valence-electron chi connectivity index (χ1n) is 7.31. The summed E-state index contributed by atoms with van der Waals surface area (Å²) >= 11 is 0. The van der Waals surface area contributed by atoms with Crippen molar-refractivity contribution in [2.45, 2.75) is 0 Å². The smallest absolute Gasteiger partial charge is 0.227 e. The van der Waals surface area contributed by atoms with Gasteiger partial charge in [0.05, 0.1) is 11.6 Å². The summed E-state index contributed by atoms with van der Waals surface area (Å²) in [5, 5.41) is 8.94. The number of rotatable bonds is 2. The van der Waals surface area contributed by atoms with Gasteiger partial charge in [0.2, 0.25) is 5.89 Å². The number of aromatic nitrogens is 1. The third-order valence-corrected chi connectivity index (χ3v) is 3.78. The Bertz CT molecular complexity index is 990. The third kappa shape index (κ3) is 2.37. The maximum absolute atomic E-state index is 8.94. The molecule has 23 heavy (non-hydrogen) atoms. The van der Waals surface area contributed by atoms with Crippen LogP contribution in [0.5, 0.6) is 0 Å². The van der Waals surface area contributed by atoms with Crippen molar-refractivity contribution >= 4 is 11.1 Å². The van der Waals surface area contributed by atoms with E-state index in [4.69, 9.17) is 9.68 Å². The van der Waals surface area contributed by atoms with Gasteiger partial charge in [0.15, 0.2) is 5.58 Å². The highest BCUT2D eigenvalue weighted by molar-refractivity contribution is 5.83. The number of oxazole rings is 1. The van der Waals surface area contributed by atoms with E-state index in [0.717, 1.165) is 27.8 Å². The number of nitrogens with zero attached hydrogens (tertiary/aromatic N) is 2. The van der Waals surface area contributed by atoms with E-state index in [9.17, 15) is 0 Å². The molecule has 0 N–H and O–H groups in total. The summed E-state index contributed by atoms with van der Waals surface area (Å²) in [5.41, 5.74) is 5.26. The third-order valence-electron chi connectivity index (χ3n) is 3.78. The van der Waals surface area contributed by atoms with Crippen molar-refractivity contribution in [3.8, 4) is 28.7 Å². The molecule has 0 saturated heterocycles. The minimum absolute atomic E-state index is 0.603. The Kier molecular flexibility index (Phi) is 3.14. The zero-order chi connectivity index (χ0) is 15.6. The average molecular weight is 296 g/mol. The molecule has 0 aliphatic heterocycles. The average Bonchev–Trinajstić information content (AvgIpc) is 3.06. The lowest BCUT2D eigenvalue weighted by molar-refractivity contribution is 0.620. The largest absolute Gasteiger partial charge is 0.436 e. The Morgan fingerprint density at radius 3 is 2.22 bits per heavy atom. The van der Waals surface area contributed by atoms with Crippen LogP contribution < -0.4 is 0 Å². The van der Waals surface area contributed by atoms with Gasteiger partial charge in [0, 0.05) is 5.56 Å². The number of para-hydroxylation sites is 2. The standard InChI is InChI=1S/C20H12N2O/c21-13-14-9-11-15(12-10-14)16-5-1-2-6-17(16)20-22-18-7-3-4-8-19(18)23-20/h1-12H. The van der Waals surface area contributed by atoms with Crippen LogP contribution in [0.25, 0.3) is 33.7 Å². The first-order chi connectivity index (χ1) is 11.3. The molecule has 0 unspecified atom stereocenters. The van der Waals surface area contributed by atoms with Gasteiger partial charge in [-0.1, -0.05) is 42.5 Å². The van der Waals surface area contributed by atoms with Gasteiger partial charge in [-0.25, -0.2) is 4.98 Å². The van der Waals surface area contributed by atoms with E-state index in [1.807, 2.05) is 72.8 Å². The van der Waals surface area contributed by atoms with Gasteiger partial charge < -0.3 is 4.42 Å². The summed E-state index contributed by atoms with van der Waals surface area (Å²) in [6.45, 7) is 0. The van der Waals surface area contributed by atoms with Crippen LogP contribution in [0, 0.1) is 11.3 Å². The summed E-state index contributed by atoms with van der Waals surface area (Å²) in [6.07, 6.45) is 0. The normalized spacial score (nSPS) is 10.6. The van der Waals surface area contributed by atoms with Crippen LogP contribution in [-0.4, -0.2) is 4.98 Å². The molecule has 0 bridgehead atoms. The first-order valence-corrected chi connectivity index (χ1v) is 7.31. The Balaban J connectivity index is 1.87. The molecule has 0 radical (unpaired) electrons. The van der Waals surface area contributed by atoms with Crippen LogP contribution in [-0.2, 0) is 0 Å². The predicted octanol–water partition coefficient (Wildman–Crippen LogP) is 5.03. The molecule has 4 aromatic rings. The highest BCUT2D eigenvalue weighted by Gasteiger charge is 2.13. The number of hydrogen-bond donors (Lipinski definition) is 0. The number of fused-ring (bicyclic) bond motifs is 1. The number of nitriles is 1. The predicted molar refractivity (Wildman–Crippen MR) is 89.6 cm³/mol. The van der Waals surface area contributed by atoms with E-state index >= 15 is 0 Å². The van der Waals surface area contributed by atoms with E-state index in [0.29, 0.717) is 11.5 Å².